The maximum atomic E-state index is 5.47. The molecule has 0 aromatic rings. The van der Waals surface area contributed by atoms with E-state index in [1.54, 1.807) is 7.11 Å². The van der Waals surface area contributed by atoms with Gasteiger partial charge in [-0.15, -0.1) is 0 Å². The normalized spacial score (nSPS) is 17.4. The van der Waals surface area contributed by atoms with Gasteiger partial charge in [0.1, 0.15) is 0 Å². The molecule has 0 spiro atoms. The molecule has 0 aromatic heterocycles. The van der Waals surface area contributed by atoms with E-state index < -0.39 is 0 Å². The first-order valence-electron chi connectivity index (χ1n) is 3.52. The summed E-state index contributed by atoms with van der Waals surface area (Å²) in [5.41, 5.74) is 5.47. The standard InChI is InChI=1S/C7H18N2O/c1-6(9(2)3)7(5-8)10-4/h6-7H,5,8H2,1-4H3. The molecule has 0 saturated carbocycles. The molecule has 0 bridgehead atoms. The van der Waals surface area contributed by atoms with Crippen LogP contribution in [0.2, 0.25) is 0 Å². The van der Waals surface area contributed by atoms with E-state index in [0.717, 1.165) is 0 Å². The second-order valence-electron chi connectivity index (χ2n) is 2.71. The Labute approximate surface area is 63.1 Å². The SMILES string of the molecule is COC(CN)C(C)N(C)C. The van der Waals surface area contributed by atoms with Crippen molar-refractivity contribution in [1.29, 1.82) is 0 Å². The number of nitrogens with two attached hydrogens (primary N) is 1. The van der Waals surface area contributed by atoms with E-state index in [9.17, 15) is 0 Å². The third-order valence-electron chi connectivity index (χ3n) is 1.89. The molecule has 0 amide bonds. The number of hydrogen-bond donors (Lipinski definition) is 1. The highest BCUT2D eigenvalue weighted by molar-refractivity contribution is 4.72. The molecule has 3 nitrogen and oxygen atoms in total. The minimum Gasteiger partial charge on any atom is -0.379 e. The minimum atomic E-state index is 0.148. The minimum absolute atomic E-state index is 0.148. The zero-order valence-corrected chi connectivity index (χ0v) is 7.29. The predicted octanol–water partition coefficient (Wildman–Crippen LogP) is -0.0898. The Morgan fingerprint density at radius 2 is 2.00 bits per heavy atom. The Bertz CT molecular complexity index is 81.7. The Morgan fingerprint density at radius 1 is 1.50 bits per heavy atom. The number of likely N-dealkylation sites (N-methyl/N-ethyl adjacent to an activating group) is 1. The second kappa shape index (κ2) is 4.66. The van der Waals surface area contributed by atoms with Crippen molar-refractivity contribution < 1.29 is 4.74 Å². The number of nitrogens with zero attached hydrogens (tertiary/aromatic N) is 1. The summed E-state index contributed by atoms with van der Waals surface area (Å²) < 4.78 is 5.16. The van der Waals surface area contributed by atoms with Gasteiger partial charge in [-0.1, -0.05) is 0 Å². The average Bonchev–Trinajstić information content (AvgIpc) is 1.90. The Morgan fingerprint density at radius 3 is 2.10 bits per heavy atom. The molecule has 2 N–H and O–H groups in total. The van der Waals surface area contributed by atoms with Crippen molar-refractivity contribution in [2.75, 3.05) is 27.7 Å². The van der Waals surface area contributed by atoms with Crippen LogP contribution in [0.5, 0.6) is 0 Å². The van der Waals surface area contributed by atoms with Crippen LogP contribution in [0, 0.1) is 0 Å². The van der Waals surface area contributed by atoms with Crippen LogP contribution in [0.25, 0.3) is 0 Å². The van der Waals surface area contributed by atoms with E-state index in [1.807, 2.05) is 14.1 Å². The van der Waals surface area contributed by atoms with Crippen LogP contribution in [-0.2, 0) is 4.74 Å². The van der Waals surface area contributed by atoms with Gasteiger partial charge in [0.15, 0.2) is 0 Å². The van der Waals surface area contributed by atoms with Crippen LogP contribution in [0.3, 0.4) is 0 Å². The molecule has 0 aliphatic carbocycles. The molecule has 2 unspecified atom stereocenters. The molecule has 0 aromatic carbocycles. The zero-order valence-electron chi connectivity index (χ0n) is 7.29. The Kier molecular flexibility index (Phi) is 4.60. The highest BCUT2D eigenvalue weighted by Crippen LogP contribution is 2.00. The Balaban J connectivity index is 3.76. The van der Waals surface area contributed by atoms with Gasteiger partial charge < -0.3 is 15.4 Å². The zero-order chi connectivity index (χ0) is 8.15. The van der Waals surface area contributed by atoms with Gasteiger partial charge in [0.2, 0.25) is 0 Å². The number of methoxy groups -OCH3 is 1. The fourth-order valence-corrected chi connectivity index (χ4v) is 0.823. The molecule has 0 aliphatic heterocycles. The van der Waals surface area contributed by atoms with E-state index in [-0.39, 0.29) is 6.10 Å². The summed E-state index contributed by atoms with van der Waals surface area (Å²) in [7, 11) is 5.73. The van der Waals surface area contributed by atoms with Crippen molar-refractivity contribution in [1.82, 2.24) is 4.90 Å². The van der Waals surface area contributed by atoms with Crippen LogP contribution < -0.4 is 5.73 Å². The van der Waals surface area contributed by atoms with Gasteiger partial charge in [0, 0.05) is 19.7 Å². The first-order valence-corrected chi connectivity index (χ1v) is 3.52. The highest BCUT2D eigenvalue weighted by Gasteiger charge is 2.15. The first-order chi connectivity index (χ1) is 4.63. The van der Waals surface area contributed by atoms with Gasteiger partial charge in [-0.05, 0) is 21.0 Å². The van der Waals surface area contributed by atoms with E-state index in [4.69, 9.17) is 10.5 Å². The number of rotatable bonds is 4. The molecule has 0 saturated heterocycles. The van der Waals surface area contributed by atoms with Crippen molar-refractivity contribution in [3.63, 3.8) is 0 Å². The monoisotopic (exact) mass is 146 g/mol. The summed E-state index contributed by atoms with van der Waals surface area (Å²) in [5.74, 6) is 0. The summed E-state index contributed by atoms with van der Waals surface area (Å²) >= 11 is 0. The van der Waals surface area contributed by atoms with Gasteiger partial charge >= 0.3 is 0 Å². The molecule has 10 heavy (non-hydrogen) atoms. The quantitative estimate of drug-likeness (QED) is 0.602. The maximum Gasteiger partial charge on any atom is 0.0845 e. The molecule has 0 heterocycles. The van der Waals surface area contributed by atoms with Crippen LogP contribution in [0.1, 0.15) is 6.92 Å². The van der Waals surface area contributed by atoms with E-state index >= 15 is 0 Å². The number of hydrogen-bond acceptors (Lipinski definition) is 3. The van der Waals surface area contributed by atoms with Crippen LogP contribution in [0.15, 0.2) is 0 Å². The van der Waals surface area contributed by atoms with Crippen LogP contribution >= 0.6 is 0 Å². The lowest BCUT2D eigenvalue weighted by molar-refractivity contribution is 0.0461. The molecule has 0 radical (unpaired) electrons. The summed E-state index contributed by atoms with van der Waals surface area (Å²) in [6.45, 7) is 2.68. The summed E-state index contributed by atoms with van der Waals surface area (Å²) in [5, 5.41) is 0. The second-order valence-corrected chi connectivity index (χ2v) is 2.71. The van der Waals surface area contributed by atoms with E-state index in [1.165, 1.54) is 0 Å². The molecule has 2 atom stereocenters. The molecule has 0 fully saturated rings. The van der Waals surface area contributed by atoms with Gasteiger partial charge in [-0.25, -0.2) is 0 Å². The fourth-order valence-electron chi connectivity index (χ4n) is 0.823. The first kappa shape index (κ1) is 9.88. The van der Waals surface area contributed by atoms with Crippen LogP contribution in [0.4, 0.5) is 0 Å². The van der Waals surface area contributed by atoms with Gasteiger partial charge in [0.25, 0.3) is 0 Å². The van der Waals surface area contributed by atoms with Gasteiger partial charge in [0.05, 0.1) is 6.10 Å². The lowest BCUT2D eigenvalue weighted by Crippen LogP contribution is -2.42. The van der Waals surface area contributed by atoms with E-state index in [2.05, 4.69) is 11.8 Å². The van der Waals surface area contributed by atoms with Crippen molar-refractivity contribution in [3.8, 4) is 0 Å². The van der Waals surface area contributed by atoms with Crippen molar-refractivity contribution >= 4 is 0 Å². The molecule has 3 heteroatoms. The van der Waals surface area contributed by atoms with E-state index in [0.29, 0.717) is 12.6 Å². The average molecular weight is 146 g/mol. The number of ether oxygens (including phenoxy) is 1. The van der Waals surface area contributed by atoms with Crippen molar-refractivity contribution in [3.05, 3.63) is 0 Å². The molecule has 62 valence electrons. The molecule has 0 aliphatic rings. The van der Waals surface area contributed by atoms with Crippen LogP contribution in [-0.4, -0.2) is 44.8 Å². The predicted molar refractivity (Wildman–Crippen MR) is 43.0 cm³/mol. The summed E-state index contributed by atoms with van der Waals surface area (Å²) in [6.07, 6.45) is 0.148. The molecular formula is C7H18N2O. The van der Waals surface area contributed by atoms with Crippen molar-refractivity contribution in [2.45, 2.75) is 19.1 Å². The lowest BCUT2D eigenvalue weighted by Gasteiger charge is -2.26. The fraction of sp³-hybridized carbons (Fsp3) is 1.00. The Hall–Kier alpha value is -0.120. The summed E-state index contributed by atoms with van der Waals surface area (Å²) in [6, 6.07) is 0.384. The third kappa shape index (κ3) is 2.64. The third-order valence-corrected chi connectivity index (χ3v) is 1.89. The molecular weight excluding hydrogens is 128 g/mol. The largest absolute Gasteiger partial charge is 0.379 e. The maximum absolute atomic E-state index is 5.47. The van der Waals surface area contributed by atoms with Crippen molar-refractivity contribution in [2.24, 2.45) is 5.73 Å². The smallest absolute Gasteiger partial charge is 0.0845 e. The van der Waals surface area contributed by atoms with Gasteiger partial charge in [-0.2, -0.15) is 0 Å². The lowest BCUT2D eigenvalue weighted by atomic mass is 10.2. The summed E-state index contributed by atoms with van der Waals surface area (Å²) in [4.78, 5) is 2.10. The molecule has 0 rings (SSSR count). The topological polar surface area (TPSA) is 38.5 Å². The van der Waals surface area contributed by atoms with Gasteiger partial charge in [-0.3, -0.25) is 0 Å². The highest BCUT2D eigenvalue weighted by atomic mass is 16.5.